The van der Waals surface area contributed by atoms with Crippen molar-refractivity contribution in [1.29, 1.82) is 0 Å². The van der Waals surface area contributed by atoms with Crippen LogP contribution >= 0.6 is 0 Å². The molecule has 2 aliphatic heterocycles. The van der Waals surface area contributed by atoms with Crippen molar-refractivity contribution in [2.24, 2.45) is 0 Å². The van der Waals surface area contributed by atoms with Gasteiger partial charge in [0.05, 0.1) is 0 Å². The van der Waals surface area contributed by atoms with Gasteiger partial charge in [-0.3, -0.25) is 0 Å². The van der Waals surface area contributed by atoms with E-state index in [2.05, 4.69) is 18.9 Å². The Bertz CT molecular complexity index is 266. The van der Waals surface area contributed by atoms with Gasteiger partial charge in [-0.25, -0.2) is 9.59 Å². The summed E-state index contributed by atoms with van der Waals surface area (Å²) in [6, 6.07) is 0. The molecule has 0 aromatic rings. The van der Waals surface area contributed by atoms with E-state index in [-0.39, 0.29) is 6.61 Å². The highest BCUT2D eigenvalue weighted by atomic mass is 19.1. The topological polar surface area (TPSA) is 71.1 Å². The van der Waals surface area contributed by atoms with E-state index in [1.807, 2.05) is 0 Å². The first-order valence-corrected chi connectivity index (χ1v) is 3.46. The van der Waals surface area contributed by atoms with Crippen molar-refractivity contribution in [1.82, 2.24) is 0 Å². The zero-order valence-electron chi connectivity index (χ0n) is 6.32. The molecule has 2 unspecified atom stereocenters. The molecule has 1 spiro atoms. The molecule has 6 nitrogen and oxygen atoms in total. The highest BCUT2D eigenvalue weighted by Gasteiger charge is 2.56. The van der Waals surface area contributed by atoms with Crippen molar-refractivity contribution < 1.29 is 32.9 Å². The van der Waals surface area contributed by atoms with E-state index in [1.54, 1.807) is 0 Å². The normalized spacial score (nSPS) is 37.8. The number of carbonyl (C=O) groups is 2. The third-order valence-electron chi connectivity index (χ3n) is 1.77. The Labute approximate surface area is 71.5 Å². The maximum atomic E-state index is 13.1. The van der Waals surface area contributed by atoms with Crippen LogP contribution in [0.1, 0.15) is 0 Å². The van der Waals surface area contributed by atoms with Crippen LogP contribution in [0.2, 0.25) is 0 Å². The third kappa shape index (κ3) is 1.16. The quantitative estimate of drug-likeness (QED) is 0.516. The maximum absolute atomic E-state index is 13.1. The van der Waals surface area contributed by atoms with Gasteiger partial charge in [-0.1, -0.05) is 0 Å². The van der Waals surface area contributed by atoms with Gasteiger partial charge in [-0.2, -0.15) is 4.39 Å². The zero-order valence-corrected chi connectivity index (χ0v) is 6.32. The van der Waals surface area contributed by atoms with E-state index in [0.717, 1.165) is 0 Å². The first kappa shape index (κ1) is 8.09. The van der Waals surface area contributed by atoms with Crippen LogP contribution in [0, 0.1) is 0 Å². The molecule has 2 heterocycles. The lowest BCUT2D eigenvalue weighted by Crippen LogP contribution is -2.53. The van der Waals surface area contributed by atoms with Gasteiger partial charge >= 0.3 is 12.3 Å². The number of ether oxygens (including phenoxy) is 4. The second kappa shape index (κ2) is 2.48. The summed E-state index contributed by atoms with van der Waals surface area (Å²) in [5.41, 5.74) is -1.62. The van der Waals surface area contributed by atoms with Gasteiger partial charge in [-0.05, 0) is 0 Å². The minimum Gasteiger partial charge on any atom is -0.430 e. The molecular weight excluding hydrogens is 187 g/mol. The predicted molar refractivity (Wildman–Crippen MR) is 32.5 cm³/mol. The van der Waals surface area contributed by atoms with Gasteiger partial charge in [0, 0.05) is 0 Å². The summed E-state index contributed by atoms with van der Waals surface area (Å²) >= 11 is 0. The number of carbonyl (C=O) groups excluding carboxylic acids is 2. The van der Waals surface area contributed by atoms with Crippen LogP contribution < -0.4 is 0 Å². The Morgan fingerprint density at radius 1 is 1.23 bits per heavy atom. The Balaban J connectivity index is 2.14. The Hall–Kier alpha value is -1.53. The van der Waals surface area contributed by atoms with Crippen LogP contribution in [-0.4, -0.2) is 37.5 Å². The number of hydrogen-bond acceptors (Lipinski definition) is 6. The molecule has 0 aromatic heterocycles. The fraction of sp³-hybridized carbons (Fsp3) is 0.667. The van der Waals surface area contributed by atoms with E-state index in [9.17, 15) is 14.0 Å². The maximum Gasteiger partial charge on any atom is 0.511 e. The summed E-state index contributed by atoms with van der Waals surface area (Å²) in [5.74, 6) is 0. The highest BCUT2D eigenvalue weighted by Crippen LogP contribution is 2.30. The molecule has 0 saturated carbocycles. The first-order chi connectivity index (χ1) is 6.12. The summed E-state index contributed by atoms with van der Waals surface area (Å²) in [6.07, 6.45) is -4.16. The molecule has 72 valence electrons. The van der Waals surface area contributed by atoms with Gasteiger partial charge in [0.2, 0.25) is 5.60 Å². The molecule has 2 rings (SSSR count). The molecule has 0 radical (unpaired) electrons. The number of alkyl halides is 1. The zero-order chi connectivity index (χ0) is 9.47. The number of hydrogen-bond donors (Lipinski definition) is 0. The van der Waals surface area contributed by atoms with Crippen LogP contribution in [-0.2, 0) is 18.9 Å². The molecule has 0 aliphatic carbocycles. The van der Waals surface area contributed by atoms with Crippen LogP contribution in [0.25, 0.3) is 0 Å². The summed E-state index contributed by atoms with van der Waals surface area (Å²) in [4.78, 5) is 21.0. The van der Waals surface area contributed by atoms with Gasteiger partial charge in [-0.15, -0.1) is 0 Å². The summed E-state index contributed by atoms with van der Waals surface area (Å²) in [7, 11) is 0. The average molecular weight is 192 g/mol. The molecule has 0 N–H and O–H groups in total. The second-order valence-corrected chi connectivity index (χ2v) is 2.68. The lowest BCUT2D eigenvalue weighted by Gasteiger charge is -2.30. The van der Waals surface area contributed by atoms with Crippen molar-refractivity contribution in [2.75, 3.05) is 13.2 Å². The third-order valence-corrected chi connectivity index (χ3v) is 1.77. The standard InChI is InChI=1S/C6H5FO6/c7-3-6(1-10-4(8)12-3)2-11-5(9)13-6/h3H,1-2H2. The molecule has 0 aromatic carbocycles. The van der Waals surface area contributed by atoms with E-state index < -0.39 is 30.9 Å². The van der Waals surface area contributed by atoms with Gasteiger partial charge in [0.15, 0.2) is 0 Å². The molecule has 7 heteroatoms. The van der Waals surface area contributed by atoms with E-state index >= 15 is 0 Å². The Morgan fingerprint density at radius 3 is 2.31 bits per heavy atom. The first-order valence-electron chi connectivity index (χ1n) is 3.46. The van der Waals surface area contributed by atoms with Crippen molar-refractivity contribution in [2.45, 2.75) is 12.0 Å². The lowest BCUT2D eigenvalue weighted by molar-refractivity contribution is -0.193. The SMILES string of the molecule is O=C1OCC2(COC(=O)O2)C(F)O1. The van der Waals surface area contributed by atoms with Crippen LogP contribution in [0.15, 0.2) is 0 Å². The summed E-state index contributed by atoms with van der Waals surface area (Å²) in [6.45, 7) is -0.709. The molecule has 2 atom stereocenters. The predicted octanol–water partition coefficient (Wildman–Crippen LogP) is 0.354. The Morgan fingerprint density at radius 2 is 1.85 bits per heavy atom. The molecule has 0 bridgehead atoms. The molecule has 2 saturated heterocycles. The molecule has 0 amide bonds. The number of halogens is 1. The highest BCUT2D eigenvalue weighted by molar-refractivity contribution is 5.65. The van der Waals surface area contributed by atoms with Gasteiger partial charge < -0.3 is 18.9 Å². The van der Waals surface area contributed by atoms with Gasteiger partial charge in [0.25, 0.3) is 6.36 Å². The van der Waals surface area contributed by atoms with E-state index in [4.69, 9.17) is 0 Å². The second-order valence-electron chi connectivity index (χ2n) is 2.68. The Kier molecular flexibility index (Phi) is 1.54. The number of cyclic esters (lactones) is 3. The minimum absolute atomic E-state index is 0.319. The van der Waals surface area contributed by atoms with Crippen molar-refractivity contribution in [3.63, 3.8) is 0 Å². The van der Waals surface area contributed by atoms with Crippen molar-refractivity contribution in [3.05, 3.63) is 0 Å². The van der Waals surface area contributed by atoms with Crippen molar-refractivity contribution >= 4 is 12.3 Å². The smallest absolute Gasteiger partial charge is 0.430 e. The van der Waals surface area contributed by atoms with Gasteiger partial charge in [0.1, 0.15) is 13.2 Å². The largest absolute Gasteiger partial charge is 0.511 e. The van der Waals surface area contributed by atoms with Crippen LogP contribution in [0.5, 0.6) is 0 Å². The number of rotatable bonds is 0. The molecule has 13 heavy (non-hydrogen) atoms. The lowest BCUT2D eigenvalue weighted by atomic mass is 10.1. The molecular formula is C6H5FO6. The monoisotopic (exact) mass is 192 g/mol. The van der Waals surface area contributed by atoms with Crippen LogP contribution in [0.4, 0.5) is 14.0 Å². The van der Waals surface area contributed by atoms with E-state index in [1.165, 1.54) is 0 Å². The fourth-order valence-corrected chi connectivity index (χ4v) is 1.06. The average Bonchev–Trinajstić information content (AvgIpc) is 2.43. The van der Waals surface area contributed by atoms with E-state index in [0.29, 0.717) is 0 Å². The molecule has 2 fully saturated rings. The fourth-order valence-electron chi connectivity index (χ4n) is 1.06. The molecule has 2 aliphatic rings. The van der Waals surface area contributed by atoms with Crippen molar-refractivity contribution in [3.8, 4) is 0 Å². The minimum atomic E-state index is -2.04. The summed E-state index contributed by atoms with van der Waals surface area (Å²) < 4.78 is 30.4. The van der Waals surface area contributed by atoms with Crippen LogP contribution in [0.3, 0.4) is 0 Å². The summed E-state index contributed by atoms with van der Waals surface area (Å²) in [5, 5.41) is 0.